The van der Waals surface area contributed by atoms with Crippen molar-refractivity contribution in [3.05, 3.63) is 35.2 Å². The zero-order chi connectivity index (χ0) is 17.1. The number of aromatic nitrogens is 2. The Hall–Kier alpha value is -2.54. The van der Waals surface area contributed by atoms with Crippen molar-refractivity contribution in [2.75, 3.05) is 33.6 Å². The molecule has 0 unspecified atom stereocenters. The van der Waals surface area contributed by atoms with Gasteiger partial charge < -0.3 is 19.9 Å². The number of ether oxygens (including phenoxy) is 3. The minimum atomic E-state index is 0.337. The van der Waals surface area contributed by atoms with Crippen LogP contribution in [-0.2, 0) is 19.5 Å². The molecule has 0 spiro atoms. The highest BCUT2D eigenvalue weighted by molar-refractivity contribution is 5.50. The maximum Gasteiger partial charge on any atom is 0.220 e. The zero-order valence-electron chi connectivity index (χ0n) is 14.2. The topological polar surface area (TPSA) is 82.7 Å². The highest BCUT2D eigenvalue weighted by Crippen LogP contribution is 2.35. The van der Waals surface area contributed by atoms with E-state index in [0.29, 0.717) is 17.4 Å². The molecule has 0 amide bonds. The van der Waals surface area contributed by atoms with Gasteiger partial charge in [-0.2, -0.15) is 0 Å². The molecule has 0 radical (unpaired) electrons. The van der Waals surface area contributed by atoms with E-state index >= 15 is 0 Å². The highest BCUT2D eigenvalue weighted by Gasteiger charge is 2.20. The summed E-state index contributed by atoms with van der Waals surface area (Å²) in [6.07, 6.45) is 2.67. The first-order chi connectivity index (χ1) is 11.6. The van der Waals surface area contributed by atoms with E-state index in [1.54, 1.807) is 21.3 Å². The third kappa shape index (κ3) is 3.21. The van der Waals surface area contributed by atoms with Crippen LogP contribution < -0.4 is 19.9 Å². The molecule has 0 fully saturated rings. The summed E-state index contributed by atoms with van der Waals surface area (Å²) in [5.41, 5.74) is 8.87. The Kier molecular flexibility index (Phi) is 4.71. The molecule has 1 aliphatic rings. The van der Waals surface area contributed by atoms with E-state index in [2.05, 4.69) is 14.9 Å². The Bertz CT molecular complexity index is 736. The van der Waals surface area contributed by atoms with Crippen LogP contribution in [0.2, 0.25) is 0 Å². The van der Waals surface area contributed by atoms with Gasteiger partial charge >= 0.3 is 0 Å². The zero-order valence-corrected chi connectivity index (χ0v) is 14.2. The average molecular weight is 330 g/mol. The quantitative estimate of drug-likeness (QED) is 0.892. The van der Waals surface area contributed by atoms with Crippen molar-refractivity contribution < 1.29 is 14.2 Å². The van der Waals surface area contributed by atoms with E-state index in [1.165, 1.54) is 0 Å². The second kappa shape index (κ2) is 6.92. The summed E-state index contributed by atoms with van der Waals surface area (Å²) in [6, 6.07) is 3.82. The van der Waals surface area contributed by atoms with Crippen molar-refractivity contribution >= 4 is 5.95 Å². The predicted octanol–water partition coefficient (Wildman–Crippen LogP) is 1.64. The van der Waals surface area contributed by atoms with Gasteiger partial charge in [-0.3, -0.25) is 4.90 Å². The number of nitrogens with two attached hydrogens (primary N) is 1. The highest BCUT2D eigenvalue weighted by atomic mass is 16.5. The average Bonchev–Trinajstić information content (AvgIpc) is 2.61. The number of anilines is 1. The number of methoxy groups -OCH3 is 3. The Balaban J connectivity index is 1.82. The van der Waals surface area contributed by atoms with Gasteiger partial charge in [-0.05, 0) is 6.07 Å². The van der Waals surface area contributed by atoms with Crippen LogP contribution in [0.3, 0.4) is 0 Å². The SMILES string of the molecule is COc1cc(OC)c(OC)cc1CN1CCc2nc(N)ncc2C1. The fourth-order valence-corrected chi connectivity index (χ4v) is 2.98. The fraction of sp³-hybridized carbons (Fsp3) is 0.412. The van der Waals surface area contributed by atoms with E-state index < -0.39 is 0 Å². The molecule has 1 aromatic carbocycles. The first-order valence-corrected chi connectivity index (χ1v) is 7.76. The van der Waals surface area contributed by atoms with Crippen LogP contribution in [0.1, 0.15) is 16.8 Å². The molecule has 2 aromatic rings. The molecule has 0 bridgehead atoms. The van der Waals surface area contributed by atoms with Gasteiger partial charge in [0, 0.05) is 49.4 Å². The maximum absolute atomic E-state index is 5.66. The molecule has 0 aliphatic carbocycles. The van der Waals surface area contributed by atoms with Gasteiger partial charge in [0.15, 0.2) is 11.5 Å². The minimum absolute atomic E-state index is 0.337. The van der Waals surface area contributed by atoms with Crippen LogP contribution in [-0.4, -0.2) is 42.7 Å². The van der Waals surface area contributed by atoms with E-state index in [9.17, 15) is 0 Å². The van der Waals surface area contributed by atoms with Crippen molar-refractivity contribution in [2.24, 2.45) is 0 Å². The lowest BCUT2D eigenvalue weighted by Crippen LogP contribution is -2.31. The number of nitrogens with zero attached hydrogens (tertiary/aromatic N) is 3. The third-order valence-corrected chi connectivity index (χ3v) is 4.21. The largest absolute Gasteiger partial charge is 0.496 e. The molecule has 0 saturated carbocycles. The number of benzene rings is 1. The van der Waals surface area contributed by atoms with Crippen LogP contribution in [0, 0.1) is 0 Å². The lowest BCUT2D eigenvalue weighted by atomic mass is 10.1. The Morgan fingerprint density at radius 2 is 1.79 bits per heavy atom. The van der Waals surface area contributed by atoms with Crippen LogP contribution in [0.15, 0.2) is 18.3 Å². The number of hydrogen-bond donors (Lipinski definition) is 1. The monoisotopic (exact) mass is 330 g/mol. The van der Waals surface area contributed by atoms with Crippen molar-refractivity contribution in [3.8, 4) is 17.2 Å². The number of fused-ring (bicyclic) bond motifs is 1. The van der Waals surface area contributed by atoms with Crippen molar-refractivity contribution in [3.63, 3.8) is 0 Å². The molecule has 2 N–H and O–H groups in total. The van der Waals surface area contributed by atoms with Gasteiger partial charge in [-0.1, -0.05) is 0 Å². The smallest absolute Gasteiger partial charge is 0.220 e. The Morgan fingerprint density at radius 3 is 2.50 bits per heavy atom. The standard InChI is InChI=1S/C17H22N4O3/c1-22-14-7-16(24-3)15(23-2)6-11(14)9-21-5-4-13-12(10-21)8-19-17(18)20-13/h6-8H,4-5,9-10H2,1-3H3,(H2,18,19,20). The normalized spacial score (nSPS) is 14.1. The lowest BCUT2D eigenvalue weighted by Gasteiger charge is -2.28. The molecule has 128 valence electrons. The van der Waals surface area contributed by atoms with Crippen molar-refractivity contribution in [2.45, 2.75) is 19.5 Å². The lowest BCUT2D eigenvalue weighted by molar-refractivity contribution is 0.238. The molecule has 0 saturated heterocycles. The van der Waals surface area contributed by atoms with Gasteiger partial charge in [-0.15, -0.1) is 0 Å². The van der Waals surface area contributed by atoms with E-state index in [1.807, 2.05) is 18.3 Å². The summed E-state index contributed by atoms with van der Waals surface area (Å²) in [4.78, 5) is 10.7. The predicted molar refractivity (Wildman–Crippen MR) is 90.4 cm³/mol. The molecule has 3 rings (SSSR count). The summed E-state index contributed by atoms with van der Waals surface area (Å²) in [7, 11) is 4.91. The fourth-order valence-electron chi connectivity index (χ4n) is 2.98. The first-order valence-electron chi connectivity index (χ1n) is 7.76. The number of nitrogen functional groups attached to an aromatic ring is 1. The number of hydrogen-bond acceptors (Lipinski definition) is 7. The van der Waals surface area contributed by atoms with Crippen LogP contribution in [0.25, 0.3) is 0 Å². The molecule has 1 aromatic heterocycles. The van der Waals surface area contributed by atoms with Gasteiger partial charge in [0.2, 0.25) is 5.95 Å². The second-order valence-electron chi connectivity index (χ2n) is 5.68. The van der Waals surface area contributed by atoms with Gasteiger partial charge in [-0.25, -0.2) is 9.97 Å². The summed E-state index contributed by atoms with van der Waals surface area (Å²) < 4.78 is 16.2. The second-order valence-corrected chi connectivity index (χ2v) is 5.68. The number of rotatable bonds is 5. The molecule has 24 heavy (non-hydrogen) atoms. The molecule has 7 heteroatoms. The molecular weight excluding hydrogens is 308 g/mol. The van der Waals surface area contributed by atoms with Gasteiger partial charge in [0.25, 0.3) is 0 Å². The van der Waals surface area contributed by atoms with Crippen LogP contribution in [0.5, 0.6) is 17.2 Å². The molecule has 7 nitrogen and oxygen atoms in total. The van der Waals surface area contributed by atoms with Gasteiger partial charge in [0.1, 0.15) is 5.75 Å². The molecule has 2 heterocycles. The summed E-state index contributed by atoms with van der Waals surface area (Å²) >= 11 is 0. The van der Waals surface area contributed by atoms with Crippen LogP contribution in [0.4, 0.5) is 5.95 Å². The van der Waals surface area contributed by atoms with Gasteiger partial charge in [0.05, 0.1) is 27.0 Å². The minimum Gasteiger partial charge on any atom is -0.496 e. The van der Waals surface area contributed by atoms with E-state index in [0.717, 1.165) is 48.6 Å². The van der Waals surface area contributed by atoms with E-state index in [4.69, 9.17) is 19.9 Å². The Labute approximate surface area is 141 Å². The molecule has 1 aliphatic heterocycles. The van der Waals surface area contributed by atoms with Crippen molar-refractivity contribution in [1.29, 1.82) is 0 Å². The maximum atomic E-state index is 5.66. The first kappa shape index (κ1) is 16.3. The Morgan fingerprint density at radius 1 is 1.08 bits per heavy atom. The molecule has 0 atom stereocenters. The summed E-state index contributed by atoms with van der Waals surface area (Å²) in [6.45, 7) is 2.43. The summed E-state index contributed by atoms with van der Waals surface area (Å²) in [5, 5.41) is 0. The van der Waals surface area contributed by atoms with Crippen LogP contribution >= 0.6 is 0 Å². The molecular formula is C17H22N4O3. The van der Waals surface area contributed by atoms with E-state index in [-0.39, 0.29) is 0 Å². The summed E-state index contributed by atoms with van der Waals surface area (Å²) in [5.74, 6) is 2.48. The van der Waals surface area contributed by atoms with Crippen molar-refractivity contribution in [1.82, 2.24) is 14.9 Å². The third-order valence-electron chi connectivity index (χ3n) is 4.21.